The van der Waals surface area contributed by atoms with Crippen molar-refractivity contribution in [2.24, 2.45) is 0 Å². The summed E-state index contributed by atoms with van der Waals surface area (Å²) in [7, 11) is 0. The van der Waals surface area contributed by atoms with E-state index in [2.05, 4.69) is 63.1 Å². The summed E-state index contributed by atoms with van der Waals surface area (Å²) in [6.07, 6.45) is 3.91. The highest BCUT2D eigenvalue weighted by Crippen LogP contribution is 2.17. The molecule has 0 fully saturated rings. The summed E-state index contributed by atoms with van der Waals surface area (Å²) < 4.78 is 3.09. The summed E-state index contributed by atoms with van der Waals surface area (Å²) >= 11 is 2.35. The Morgan fingerprint density at radius 1 is 1.25 bits per heavy atom. The lowest BCUT2D eigenvalue weighted by Gasteiger charge is -2.08. The molecule has 0 bridgehead atoms. The number of rotatable bonds is 3. The zero-order valence-corrected chi connectivity index (χ0v) is 13.5. The van der Waals surface area contributed by atoms with Crippen molar-refractivity contribution in [3.05, 3.63) is 57.1 Å². The summed E-state index contributed by atoms with van der Waals surface area (Å²) in [5, 5.41) is 7.79. The van der Waals surface area contributed by atoms with Gasteiger partial charge in [0, 0.05) is 39.8 Å². The van der Waals surface area contributed by atoms with E-state index in [-0.39, 0.29) is 0 Å². The number of hydrogen-bond donors (Lipinski definition) is 1. The summed E-state index contributed by atoms with van der Waals surface area (Å²) in [4.78, 5) is 4.40. The number of nitrogens with zero attached hydrogens (tertiary/aromatic N) is 3. The lowest BCUT2D eigenvalue weighted by Crippen LogP contribution is -2.02. The second-order valence-corrected chi connectivity index (χ2v) is 6.03. The van der Waals surface area contributed by atoms with Crippen molar-refractivity contribution in [1.82, 2.24) is 14.6 Å². The molecule has 0 unspecified atom stereocenters. The van der Waals surface area contributed by atoms with E-state index in [0.717, 1.165) is 29.1 Å². The first-order valence-corrected chi connectivity index (χ1v) is 7.50. The topological polar surface area (TPSA) is 42.2 Å². The number of aryl methyl sites for hydroxylation is 2. The number of aromatic nitrogens is 3. The van der Waals surface area contributed by atoms with Gasteiger partial charge in [0.2, 0.25) is 0 Å². The molecule has 0 saturated carbocycles. The monoisotopic (exact) mass is 378 g/mol. The van der Waals surface area contributed by atoms with Gasteiger partial charge in [-0.05, 0) is 54.1 Å². The van der Waals surface area contributed by atoms with Crippen LogP contribution in [0.3, 0.4) is 0 Å². The van der Waals surface area contributed by atoms with Crippen molar-refractivity contribution in [2.75, 3.05) is 5.32 Å². The van der Waals surface area contributed by atoms with E-state index < -0.39 is 0 Å². The first-order valence-electron chi connectivity index (χ1n) is 6.43. The maximum Gasteiger partial charge on any atom is 0.155 e. The molecule has 0 aliphatic rings. The van der Waals surface area contributed by atoms with E-state index in [9.17, 15) is 0 Å². The molecule has 5 heteroatoms. The minimum Gasteiger partial charge on any atom is -0.381 e. The van der Waals surface area contributed by atoms with Gasteiger partial charge in [0.05, 0.1) is 5.69 Å². The summed E-state index contributed by atoms with van der Waals surface area (Å²) in [5.74, 6) is 0. The molecule has 0 atom stereocenters. The molecule has 0 radical (unpaired) electrons. The standard InChI is InChI=1S/C15H15IN4/c1-10-3-4-13(6-14(10)16)17-7-12-8-18-15-5-11(2)19-20(15)9-12/h3-6,8-9,17H,7H2,1-2H3. The number of anilines is 1. The molecule has 3 aromatic rings. The van der Waals surface area contributed by atoms with Crippen molar-refractivity contribution in [1.29, 1.82) is 0 Å². The molecule has 102 valence electrons. The summed E-state index contributed by atoms with van der Waals surface area (Å²) in [6.45, 7) is 4.82. The Bertz CT molecular complexity index is 764. The van der Waals surface area contributed by atoms with E-state index in [0.29, 0.717) is 0 Å². The van der Waals surface area contributed by atoms with Crippen LogP contribution < -0.4 is 5.32 Å². The summed E-state index contributed by atoms with van der Waals surface area (Å²) in [6, 6.07) is 8.35. The van der Waals surface area contributed by atoms with Gasteiger partial charge in [0.25, 0.3) is 0 Å². The Morgan fingerprint density at radius 3 is 2.90 bits per heavy atom. The fourth-order valence-electron chi connectivity index (χ4n) is 2.03. The normalized spacial score (nSPS) is 10.9. The van der Waals surface area contributed by atoms with Crippen molar-refractivity contribution in [3.8, 4) is 0 Å². The van der Waals surface area contributed by atoms with Gasteiger partial charge >= 0.3 is 0 Å². The highest BCUT2D eigenvalue weighted by atomic mass is 127. The van der Waals surface area contributed by atoms with Crippen LogP contribution in [0.4, 0.5) is 5.69 Å². The smallest absolute Gasteiger partial charge is 0.155 e. The summed E-state index contributed by atoms with van der Waals surface area (Å²) in [5.41, 5.74) is 5.39. The minimum absolute atomic E-state index is 0.737. The number of halogens is 1. The quantitative estimate of drug-likeness (QED) is 0.709. The highest BCUT2D eigenvalue weighted by Gasteiger charge is 2.02. The van der Waals surface area contributed by atoms with Crippen LogP contribution >= 0.6 is 22.6 Å². The number of benzene rings is 1. The SMILES string of the molecule is Cc1cc2ncc(CNc3ccc(C)c(I)c3)cn2n1. The average Bonchev–Trinajstić information content (AvgIpc) is 2.79. The van der Waals surface area contributed by atoms with Crippen LogP contribution in [0.15, 0.2) is 36.7 Å². The molecular formula is C15H15IN4. The second kappa shape index (κ2) is 5.40. The molecular weight excluding hydrogens is 363 g/mol. The Morgan fingerprint density at radius 2 is 2.10 bits per heavy atom. The van der Waals surface area contributed by atoms with Crippen molar-refractivity contribution in [3.63, 3.8) is 0 Å². The van der Waals surface area contributed by atoms with Crippen molar-refractivity contribution in [2.45, 2.75) is 20.4 Å². The zero-order valence-electron chi connectivity index (χ0n) is 11.4. The van der Waals surface area contributed by atoms with E-state index in [1.807, 2.05) is 29.9 Å². The molecule has 0 amide bonds. The number of nitrogens with one attached hydrogen (secondary N) is 1. The van der Waals surface area contributed by atoms with Gasteiger partial charge in [-0.1, -0.05) is 6.07 Å². The van der Waals surface area contributed by atoms with Gasteiger partial charge in [-0.15, -0.1) is 0 Å². The van der Waals surface area contributed by atoms with Crippen LogP contribution in [-0.2, 0) is 6.54 Å². The zero-order chi connectivity index (χ0) is 14.1. The maximum absolute atomic E-state index is 4.40. The lowest BCUT2D eigenvalue weighted by molar-refractivity contribution is 0.895. The fourth-order valence-corrected chi connectivity index (χ4v) is 2.55. The van der Waals surface area contributed by atoms with E-state index in [1.165, 1.54) is 9.13 Å². The Labute approximate surface area is 131 Å². The molecule has 0 spiro atoms. The first kappa shape index (κ1) is 13.4. The van der Waals surface area contributed by atoms with Gasteiger partial charge in [-0.25, -0.2) is 9.50 Å². The van der Waals surface area contributed by atoms with E-state index in [4.69, 9.17) is 0 Å². The fraction of sp³-hybridized carbons (Fsp3) is 0.200. The number of fused-ring (bicyclic) bond motifs is 1. The molecule has 0 aliphatic heterocycles. The Balaban J connectivity index is 1.77. The van der Waals surface area contributed by atoms with Gasteiger partial charge in [0.15, 0.2) is 5.65 Å². The van der Waals surface area contributed by atoms with Crippen LogP contribution in [-0.4, -0.2) is 14.6 Å². The van der Waals surface area contributed by atoms with Gasteiger partial charge < -0.3 is 5.32 Å². The second-order valence-electron chi connectivity index (χ2n) is 4.87. The molecule has 0 aliphatic carbocycles. The highest BCUT2D eigenvalue weighted by molar-refractivity contribution is 14.1. The molecule has 0 saturated heterocycles. The third-order valence-electron chi connectivity index (χ3n) is 3.16. The molecule has 2 aromatic heterocycles. The van der Waals surface area contributed by atoms with E-state index in [1.54, 1.807) is 0 Å². The third kappa shape index (κ3) is 2.77. The Hall–Kier alpha value is -1.63. The average molecular weight is 378 g/mol. The van der Waals surface area contributed by atoms with E-state index >= 15 is 0 Å². The van der Waals surface area contributed by atoms with Gasteiger partial charge in [0.1, 0.15) is 0 Å². The largest absolute Gasteiger partial charge is 0.381 e. The lowest BCUT2D eigenvalue weighted by atomic mass is 10.2. The van der Waals surface area contributed by atoms with Gasteiger partial charge in [-0.2, -0.15) is 5.10 Å². The third-order valence-corrected chi connectivity index (χ3v) is 4.32. The molecule has 1 N–H and O–H groups in total. The van der Waals surface area contributed by atoms with Crippen LogP contribution in [0.1, 0.15) is 16.8 Å². The molecule has 20 heavy (non-hydrogen) atoms. The first-order chi connectivity index (χ1) is 9.61. The predicted molar refractivity (Wildman–Crippen MR) is 88.9 cm³/mol. The molecule has 1 aromatic carbocycles. The minimum atomic E-state index is 0.737. The molecule has 3 rings (SSSR count). The number of hydrogen-bond acceptors (Lipinski definition) is 3. The molecule has 2 heterocycles. The van der Waals surface area contributed by atoms with Gasteiger partial charge in [-0.3, -0.25) is 0 Å². The Kier molecular flexibility index (Phi) is 3.60. The van der Waals surface area contributed by atoms with Crippen molar-refractivity contribution >= 4 is 33.9 Å². The maximum atomic E-state index is 4.40. The van der Waals surface area contributed by atoms with Crippen LogP contribution in [0.5, 0.6) is 0 Å². The van der Waals surface area contributed by atoms with Crippen LogP contribution in [0.2, 0.25) is 0 Å². The van der Waals surface area contributed by atoms with Crippen LogP contribution in [0, 0.1) is 17.4 Å². The van der Waals surface area contributed by atoms with Crippen molar-refractivity contribution < 1.29 is 0 Å². The predicted octanol–water partition coefficient (Wildman–Crippen LogP) is 3.56. The molecule has 4 nitrogen and oxygen atoms in total. The van der Waals surface area contributed by atoms with Crippen LogP contribution in [0.25, 0.3) is 5.65 Å².